The molecule has 5 rings (SSSR count). The number of ether oxygens (including phenoxy) is 1. The van der Waals surface area contributed by atoms with Gasteiger partial charge >= 0.3 is 0 Å². The van der Waals surface area contributed by atoms with Crippen LogP contribution in [-0.4, -0.2) is 71.6 Å². The van der Waals surface area contributed by atoms with Crippen LogP contribution in [0.2, 0.25) is 0 Å². The molecule has 0 aliphatic carbocycles. The average molecular weight is 488 g/mol. The maximum atomic E-state index is 13.5. The van der Waals surface area contributed by atoms with E-state index in [0.29, 0.717) is 31.7 Å². The van der Waals surface area contributed by atoms with Crippen molar-refractivity contribution in [2.45, 2.75) is 68.7 Å². The van der Waals surface area contributed by atoms with E-state index in [9.17, 15) is 13.2 Å². The zero-order chi connectivity index (χ0) is 23.7. The number of methoxy groups -OCH3 is 1. The molecule has 2 saturated heterocycles. The smallest absolute Gasteiger partial charge is 0.253 e. The van der Waals surface area contributed by atoms with Gasteiger partial charge in [0.15, 0.2) is 0 Å². The second-order valence-electron chi connectivity index (χ2n) is 9.50. The number of carbonyl (C=O) groups excluding carboxylic acids is 1. The number of amides is 1. The minimum Gasteiger partial charge on any atom is -0.495 e. The first kappa shape index (κ1) is 23.3. The Morgan fingerprint density at radius 3 is 2.59 bits per heavy atom. The van der Waals surface area contributed by atoms with Crippen molar-refractivity contribution in [1.82, 2.24) is 24.0 Å². The molecule has 10 heteroatoms. The predicted molar refractivity (Wildman–Crippen MR) is 126 cm³/mol. The predicted octanol–water partition coefficient (Wildman–Crippen LogP) is 2.82. The van der Waals surface area contributed by atoms with Crippen molar-refractivity contribution < 1.29 is 17.9 Å². The first-order chi connectivity index (χ1) is 16.5. The second kappa shape index (κ2) is 9.65. The Kier molecular flexibility index (Phi) is 6.61. The number of benzene rings is 1. The number of rotatable bonds is 5. The van der Waals surface area contributed by atoms with E-state index in [0.717, 1.165) is 63.1 Å². The Labute approximate surface area is 201 Å². The Morgan fingerprint density at radius 2 is 1.79 bits per heavy atom. The van der Waals surface area contributed by atoms with Crippen molar-refractivity contribution in [1.29, 1.82) is 0 Å². The van der Waals surface area contributed by atoms with Crippen molar-refractivity contribution in [3.8, 4) is 5.75 Å². The molecule has 0 radical (unpaired) electrons. The van der Waals surface area contributed by atoms with Gasteiger partial charge in [-0.25, -0.2) is 8.42 Å². The number of hydrogen-bond acceptors (Lipinski definition) is 6. The van der Waals surface area contributed by atoms with Crippen LogP contribution in [0.1, 0.15) is 72.9 Å². The Hall–Kier alpha value is -2.46. The number of fused-ring (bicyclic) bond motifs is 1. The highest BCUT2D eigenvalue weighted by Gasteiger charge is 2.33. The van der Waals surface area contributed by atoms with Crippen LogP contribution in [0.4, 0.5) is 0 Å². The molecule has 4 heterocycles. The van der Waals surface area contributed by atoms with Gasteiger partial charge in [-0.3, -0.25) is 4.79 Å². The summed E-state index contributed by atoms with van der Waals surface area (Å²) in [4.78, 5) is 15.4. The molecule has 9 nitrogen and oxygen atoms in total. The summed E-state index contributed by atoms with van der Waals surface area (Å²) in [5.41, 5.74) is 0.374. The number of aryl methyl sites for hydroxylation is 1. The SMILES string of the molecule is COc1ccc(C(=O)N2CCC[C@H](c3nnc4n3CCCCC4)C2)cc1S(=O)(=O)N1CCCC1. The van der Waals surface area contributed by atoms with Gasteiger partial charge in [0.1, 0.15) is 22.3 Å². The molecule has 0 saturated carbocycles. The number of hydrogen-bond donors (Lipinski definition) is 0. The highest BCUT2D eigenvalue weighted by molar-refractivity contribution is 7.89. The quantitative estimate of drug-likeness (QED) is 0.643. The molecule has 3 aliphatic rings. The molecule has 2 aromatic rings. The largest absolute Gasteiger partial charge is 0.495 e. The molecular weight excluding hydrogens is 454 g/mol. The lowest BCUT2D eigenvalue weighted by molar-refractivity contribution is 0.0702. The Morgan fingerprint density at radius 1 is 1.00 bits per heavy atom. The first-order valence-electron chi connectivity index (χ1n) is 12.4. The van der Waals surface area contributed by atoms with Gasteiger partial charge in [-0.05, 0) is 56.7 Å². The number of sulfonamides is 1. The molecule has 0 spiro atoms. The summed E-state index contributed by atoms with van der Waals surface area (Å²) in [7, 11) is -2.26. The normalized spacial score (nSPS) is 21.8. The first-order valence-corrected chi connectivity index (χ1v) is 13.8. The summed E-state index contributed by atoms with van der Waals surface area (Å²) < 4.78 is 35.6. The van der Waals surface area contributed by atoms with E-state index < -0.39 is 10.0 Å². The second-order valence-corrected chi connectivity index (χ2v) is 11.4. The average Bonchev–Trinajstić information content (AvgIpc) is 3.49. The van der Waals surface area contributed by atoms with E-state index in [-0.39, 0.29) is 22.5 Å². The van der Waals surface area contributed by atoms with E-state index in [4.69, 9.17) is 4.74 Å². The number of aromatic nitrogens is 3. The van der Waals surface area contributed by atoms with Crippen LogP contribution in [-0.2, 0) is 23.0 Å². The van der Waals surface area contributed by atoms with Crippen molar-refractivity contribution >= 4 is 15.9 Å². The third kappa shape index (κ3) is 4.33. The molecule has 1 aromatic heterocycles. The third-order valence-corrected chi connectivity index (χ3v) is 9.23. The van der Waals surface area contributed by atoms with E-state index in [1.54, 1.807) is 12.1 Å². The fraction of sp³-hybridized carbons (Fsp3) is 0.625. The topological polar surface area (TPSA) is 97.6 Å². The lowest BCUT2D eigenvalue weighted by atomic mass is 9.96. The summed E-state index contributed by atoms with van der Waals surface area (Å²) in [5, 5.41) is 8.96. The molecule has 0 unspecified atom stereocenters. The third-order valence-electron chi connectivity index (χ3n) is 7.31. The van der Waals surface area contributed by atoms with Crippen LogP contribution in [0.25, 0.3) is 0 Å². The monoisotopic (exact) mass is 487 g/mol. The number of piperidine rings is 1. The van der Waals surface area contributed by atoms with Gasteiger partial charge in [0, 0.05) is 50.6 Å². The van der Waals surface area contributed by atoms with Crippen LogP contribution in [0.5, 0.6) is 5.75 Å². The van der Waals surface area contributed by atoms with Gasteiger partial charge < -0.3 is 14.2 Å². The molecule has 2 fully saturated rings. The fourth-order valence-corrected chi connectivity index (χ4v) is 7.14. The maximum Gasteiger partial charge on any atom is 0.253 e. The summed E-state index contributed by atoms with van der Waals surface area (Å²) in [6.45, 7) is 3.16. The molecular formula is C24H33N5O4S. The molecule has 0 bridgehead atoms. The van der Waals surface area contributed by atoms with Gasteiger partial charge in [-0.2, -0.15) is 4.31 Å². The minimum atomic E-state index is -3.71. The molecule has 0 N–H and O–H groups in total. The van der Waals surface area contributed by atoms with E-state index in [2.05, 4.69) is 14.8 Å². The van der Waals surface area contributed by atoms with Crippen molar-refractivity contribution in [3.05, 3.63) is 35.4 Å². The van der Waals surface area contributed by atoms with Crippen LogP contribution in [0, 0.1) is 0 Å². The zero-order valence-electron chi connectivity index (χ0n) is 19.8. The lowest BCUT2D eigenvalue weighted by Crippen LogP contribution is -2.40. The summed E-state index contributed by atoms with van der Waals surface area (Å²) in [6.07, 6.45) is 8.00. The van der Waals surface area contributed by atoms with E-state index >= 15 is 0 Å². The van der Waals surface area contributed by atoms with E-state index in [1.807, 2.05) is 4.90 Å². The molecule has 1 amide bonds. The van der Waals surface area contributed by atoms with Crippen LogP contribution in [0.15, 0.2) is 23.1 Å². The van der Waals surface area contributed by atoms with Crippen LogP contribution >= 0.6 is 0 Å². The number of nitrogens with zero attached hydrogens (tertiary/aromatic N) is 5. The van der Waals surface area contributed by atoms with Crippen molar-refractivity contribution in [2.24, 2.45) is 0 Å². The van der Waals surface area contributed by atoms with Crippen LogP contribution in [0.3, 0.4) is 0 Å². The molecule has 184 valence electrons. The maximum absolute atomic E-state index is 13.5. The zero-order valence-corrected chi connectivity index (χ0v) is 20.6. The standard InChI is InChI=1S/C24H33N5O4S/c1-33-20-11-10-18(16-21(20)34(31,32)28-13-5-6-14-28)24(30)27-12-7-8-19(17-27)23-26-25-22-9-3-2-4-15-29(22)23/h10-11,16,19H,2-9,12-15,17H2,1H3/t19-/m0/s1. The van der Waals surface area contributed by atoms with E-state index in [1.165, 1.54) is 23.9 Å². The molecule has 3 aliphatic heterocycles. The number of carbonyl (C=O) groups is 1. The Balaban J connectivity index is 1.39. The fourth-order valence-electron chi connectivity index (χ4n) is 5.44. The van der Waals surface area contributed by atoms with Gasteiger partial charge in [0.25, 0.3) is 5.91 Å². The molecule has 1 atom stereocenters. The van der Waals surface area contributed by atoms with Gasteiger partial charge in [-0.1, -0.05) is 6.42 Å². The summed E-state index contributed by atoms with van der Waals surface area (Å²) in [5.74, 6) is 2.30. The summed E-state index contributed by atoms with van der Waals surface area (Å²) in [6, 6.07) is 4.74. The van der Waals surface area contributed by atoms with Gasteiger partial charge in [-0.15, -0.1) is 10.2 Å². The Bertz CT molecular complexity index is 1160. The lowest BCUT2D eigenvalue weighted by Gasteiger charge is -2.32. The van der Waals surface area contributed by atoms with Crippen molar-refractivity contribution in [2.75, 3.05) is 33.3 Å². The highest BCUT2D eigenvalue weighted by Crippen LogP contribution is 2.32. The molecule has 1 aromatic carbocycles. The van der Waals surface area contributed by atoms with Gasteiger partial charge in [0.05, 0.1) is 7.11 Å². The summed E-state index contributed by atoms with van der Waals surface area (Å²) >= 11 is 0. The minimum absolute atomic E-state index is 0.0686. The number of likely N-dealkylation sites (tertiary alicyclic amines) is 1. The van der Waals surface area contributed by atoms with Gasteiger partial charge in [0.2, 0.25) is 10.0 Å². The van der Waals surface area contributed by atoms with Crippen molar-refractivity contribution in [3.63, 3.8) is 0 Å². The highest BCUT2D eigenvalue weighted by atomic mass is 32.2. The van der Waals surface area contributed by atoms with Crippen LogP contribution < -0.4 is 4.74 Å². The molecule has 34 heavy (non-hydrogen) atoms.